The largest absolute Gasteiger partial charge is 0.340 e. The van der Waals surface area contributed by atoms with E-state index < -0.39 is 0 Å². The third kappa shape index (κ3) is 3.01. The number of nitrogens with zero attached hydrogens (tertiary/aromatic N) is 5. The normalized spacial score (nSPS) is 17.7. The number of rotatable bonds is 4. The summed E-state index contributed by atoms with van der Waals surface area (Å²) in [7, 11) is 0. The van der Waals surface area contributed by atoms with Crippen molar-refractivity contribution in [1.29, 1.82) is 0 Å². The van der Waals surface area contributed by atoms with Crippen LogP contribution < -0.4 is 5.56 Å². The van der Waals surface area contributed by atoms with E-state index in [1.54, 1.807) is 11.8 Å². The van der Waals surface area contributed by atoms with Gasteiger partial charge in [-0.15, -0.1) is 0 Å². The van der Waals surface area contributed by atoms with Crippen molar-refractivity contribution >= 4 is 5.91 Å². The van der Waals surface area contributed by atoms with Crippen LogP contribution in [0.15, 0.2) is 21.5 Å². The van der Waals surface area contributed by atoms with E-state index in [1.807, 2.05) is 6.92 Å². The van der Waals surface area contributed by atoms with Gasteiger partial charge >= 0.3 is 0 Å². The fraction of sp³-hybridized carbons (Fsp3) is 0.533. The van der Waals surface area contributed by atoms with Gasteiger partial charge in [-0.25, -0.2) is 4.68 Å². The number of aromatic nitrogens is 4. The van der Waals surface area contributed by atoms with Gasteiger partial charge in [-0.3, -0.25) is 9.59 Å². The van der Waals surface area contributed by atoms with Gasteiger partial charge in [0.1, 0.15) is 5.69 Å². The van der Waals surface area contributed by atoms with Gasteiger partial charge in [-0.1, -0.05) is 12.1 Å². The van der Waals surface area contributed by atoms with E-state index in [9.17, 15) is 9.59 Å². The molecule has 0 aromatic carbocycles. The van der Waals surface area contributed by atoms with Crippen molar-refractivity contribution in [3.63, 3.8) is 0 Å². The number of carbonyl (C=O) groups is 1. The fourth-order valence-corrected chi connectivity index (χ4v) is 2.81. The molecule has 3 rings (SSSR count). The molecule has 23 heavy (non-hydrogen) atoms. The lowest BCUT2D eigenvalue weighted by molar-refractivity contribution is 0.0719. The van der Waals surface area contributed by atoms with Crippen LogP contribution in [0.5, 0.6) is 0 Å². The Bertz CT molecular complexity index is 766. The topological polar surface area (TPSA) is 94.1 Å². The molecule has 1 amide bonds. The highest BCUT2D eigenvalue weighted by molar-refractivity contribution is 5.92. The monoisotopic (exact) mass is 317 g/mol. The van der Waals surface area contributed by atoms with Gasteiger partial charge in [-0.05, 0) is 25.3 Å². The van der Waals surface area contributed by atoms with Crippen molar-refractivity contribution in [3.05, 3.63) is 39.9 Å². The number of amides is 1. The average Bonchev–Trinajstić information content (AvgIpc) is 3.17. The van der Waals surface area contributed by atoms with E-state index in [2.05, 4.69) is 15.2 Å². The van der Waals surface area contributed by atoms with E-state index in [1.165, 1.54) is 16.8 Å². The Morgan fingerprint density at radius 1 is 1.43 bits per heavy atom. The van der Waals surface area contributed by atoms with E-state index >= 15 is 0 Å². The second kappa shape index (κ2) is 6.31. The summed E-state index contributed by atoms with van der Waals surface area (Å²) >= 11 is 0. The molecule has 0 unspecified atom stereocenters. The van der Waals surface area contributed by atoms with Crippen LogP contribution in [0.1, 0.15) is 54.4 Å². The van der Waals surface area contributed by atoms with Gasteiger partial charge in [0, 0.05) is 26.1 Å². The number of aryl methyl sites for hydroxylation is 2. The molecule has 0 aliphatic carbocycles. The predicted molar refractivity (Wildman–Crippen MR) is 80.8 cm³/mol. The third-order valence-electron chi connectivity index (χ3n) is 3.88. The van der Waals surface area contributed by atoms with E-state index in [0.717, 1.165) is 19.3 Å². The minimum atomic E-state index is -0.209. The lowest BCUT2D eigenvalue weighted by atomic mass is 10.2. The van der Waals surface area contributed by atoms with Crippen molar-refractivity contribution in [2.45, 2.75) is 45.7 Å². The molecule has 0 bridgehead atoms. The molecule has 3 heterocycles. The summed E-state index contributed by atoms with van der Waals surface area (Å²) in [6.07, 6.45) is 2.44. The first-order valence-electron chi connectivity index (χ1n) is 7.79. The molecule has 8 nitrogen and oxygen atoms in total. The second-order valence-electron chi connectivity index (χ2n) is 5.61. The van der Waals surface area contributed by atoms with E-state index in [0.29, 0.717) is 24.8 Å². The van der Waals surface area contributed by atoms with Crippen molar-refractivity contribution in [2.75, 3.05) is 6.54 Å². The first kappa shape index (κ1) is 15.4. The number of carbonyl (C=O) groups excluding carboxylic acids is 1. The van der Waals surface area contributed by atoms with Crippen molar-refractivity contribution < 1.29 is 9.32 Å². The zero-order valence-corrected chi connectivity index (χ0v) is 13.2. The first-order chi connectivity index (χ1) is 11.1. The van der Waals surface area contributed by atoms with Crippen molar-refractivity contribution in [2.24, 2.45) is 0 Å². The molecule has 1 saturated heterocycles. The lowest BCUT2D eigenvalue weighted by Crippen LogP contribution is -2.34. The molecule has 2 aromatic heterocycles. The van der Waals surface area contributed by atoms with E-state index in [-0.39, 0.29) is 23.2 Å². The zero-order valence-electron chi connectivity index (χ0n) is 13.2. The summed E-state index contributed by atoms with van der Waals surface area (Å²) in [4.78, 5) is 30.4. The standard InChI is InChI=1S/C15H19N5O3/c1-3-8-20-13(21)7-6-11(17-20)15(22)19-9-4-5-12(19)14-16-10(2)23-18-14/h6-7,12H,3-5,8-9H2,1-2H3/t12-/m0/s1. The zero-order chi connectivity index (χ0) is 16.4. The highest BCUT2D eigenvalue weighted by Crippen LogP contribution is 2.31. The van der Waals surface area contributed by atoms with Gasteiger partial charge in [-0.2, -0.15) is 10.1 Å². The molecule has 122 valence electrons. The smallest absolute Gasteiger partial charge is 0.274 e. The molecule has 0 saturated carbocycles. The Kier molecular flexibility index (Phi) is 4.22. The van der Waals surface area contributed by atoms with E-state index in [4.69, 9.17) is 4.52 Å². The quantitative estimate of drug-likeness (QED) is 0.844. The van der Waals surface area contributed by atoms with Gasteiger partial charge in [0.25, 0.3) is 11.5 Å². The Morgan fingerprint density at radius 2 is 2.26 bits per heavy atom. The maximum absolute atomic E-state index is 12.8. The molecule has 8 heteroatoms. The molecule has 0 N–H and O–H groups in total. The fourth-order valence-electron chi connectivity index (χ4n) is 2.81. The maximum Gasteiger partial charge on any atom is 0.274 e. The summed E-state index contributed by atoms with van der Waals surface area (Å²) in [5.41, 5.74) is 0.0698. The van der Waals surface area contributed by atoms with Crippen LogP contribution in [0.3, 0.4) is 0 Å². The highest BCUT2D eigenvalue weighted by Gasteiger charge is 2.34. The Hall–Kier alpha value is -2.51. The molecule has 2 aromatic rings. The predicted octanol–water partition coefficient (Wildman–Crippen LogP) is 1.32. The molecule has 1 aliphatic heterocycles. The van der Waals surface area contributed by atoms with Crippen LogP contribution in [-0.2, 0) is 6.54 Å². The van der Waals surface area contributed by atoms with Gasteiger partial charge in [0.15, 0.2) is 5.82 Å². The van der Waals surface area contributed by atoms with Gasteiger partial charge in [0.2, 0.25) is 5.89 Å². The summed E-state index contributed by atoms with van der Waals surface area (Å²) in [6, 6.07) is 2.67. The molecule has 1 fully saturated rings. The Morgan fingerprint density at radius 3 is 2.96 bits per heavy atom. The SMILES string of the molecule is CCCn1nc(C(=O)N2CCC[C@H]2c2noc(C)n2)ccc1=O. The van der Waals surface area contributed by atoms with Crippen LogP contribution >= 0.6 is 0 Å². The number of hydrogen-bond acceptors (Lipinski definition) is 6. The van der Waals surface area contributed by atoms with Gasteiger partial charge in [0.05, 0.1) is 6.04 Å². The Labute approximate surface area is 133 Å². The summed E-state index contributed by atoms with van der Waals surface area (Å²) < 4.78 is 6.35. The minimum absolute atomic E-state index is 0.199. The lowest BCUT2D eigenvalue weighted by Gasteiger charge is -2.21. The molecule has 0 spiro atoms. The molecule has 0 radical (unpaired) electrons. The van der Waals surface area contributed by atoms with Crippen LogP contribution in [-0.4, -0.2) is 37.3 Å². The summed E-state index contributed by atoms with van der Waals surface area (Å²) in [5, 5.41) is 8.12. The minimum Gasteiger partial charge on any atom is -0.340 e. The summed E-state index contributed by atoms with van der Waals surface area (Å²) in [5.74, 6) is 0.795. The molecule has 1 atom stereocenters. The van der Waals surface area contributed by atoms with Crippen molar-refractivity contribution in [3.8, 4) is 0 Å². The van der Waals surface area contributed by atoms with Crippen LogP contribution in [0.4, 0.5) is 0 Å². The Balaban J connectivity index is 1.87. The first-order valence-corrected chi connectivity index (χ1v) is 7.79. The van der Waals surface area contributed by atoms with Crippen LogP contribution in [0.25, 0.3) is 0 Å². The second-order valence-corrected chi connectivity index (χ2v) is 5.61. The number of hydrogen-bond donors (Lipinski definition) is 0. The van der Waals surface area contributed by atoms with Crippen LogP contribution in [0.2, 0.25) is 0 Å². The average molecular weight is 317 g/mol. The third-order valence-corrected chi connectivity index (χ3v) is 3.88. The maximum atomic E-state index is 12.8. The highest BCUT2D eigenvalue weighted by atomic mass is 16.5. The summed E-state index contributed by atoms with van der Waals surface area (Å²) in [6.45, 7) is 4.79. The molecular formula is C15H19N5O3. The molecular weight excluding hydrogens is 298 g/mol. The van der Waals surface area contributed by atoms with Crippen LogP contribution in [0, 0.1) is 6.92 Å². The van der Waals surface area contributed by atoms with Crippen molar-refractivity contribution in [1.82, 2.24) is 24.8 Å². The molecule has 1 aliphatic rings. The number of likely N-dealkylation sites (tertiary alicyclic amines) is 1. The van der Waals surface area contributed by atoms with Gasteiger partial charge < -0.3 is 9.42 Å².